The van der Waals surface area contributed by atoms with Crippen molar-refractivity contribution in [3.05, 3.63) is 69.8 Å². The van der Waals surface area contributed by atoms with Crippen LogP contribution in [-0.2, 0) is 6.54 Å². The highest BCUT2D eigenvalue weighted by Gasteiger charge is 2.09. The maximum Gasteiger partial charge on any atom is 0.337 e. The van der Waals surface area contributed by atoms with Gasteiger partial charge in [-0.15, -0.1) is 0 Å². The van der Waals surface area contributed by atoms with Crippen LogP contribution in [0.15, 0.2) is 48.5 Å². The van der Waals surface area contributed by atoms with E-state index in [0.29, 0.717) is 17.4 Å². The fraction of sp³-hybridized carbons (Fsp3) is 0.0588. The molecule has 0 aliphatic heterocycles. The summed E-state index contributed by atoms with van der Waals surface area (Å²) in [5.74, 6) is -1.05. The molecular weight excluding hydrogens is 335 g/mol. The minimum Gasteiger partial charge on any atom is -0.478 e. The number of nitrogens with zero attached hydrogens (tertiary/aromatic N) is 1. The van der Waals surface area contributed by atoms with E-state index in [1.165, 1.54) is 6.07 Å². The van der Waals surface area contributed by atoms with Gasteiger partial charge in [0.25, 0.3) is 0 Å². The Balaban J connectivity index is 1.82. The predicted molar refractivity (Wildman–Crippen MR) is 92.5 cm³/mol. The molecule has 0 radical (unpaired) electrons. The normalized spacial score (nSPS) is 10.7. The first kappa shape index (κ1) is 15.6. The van der Waals surface area contributed by atoms with Crippen molar-refractivity contribution in [1.82, 2.24) is 4.98 Å². The highest BCUT2D eigenvalue weighted by Crippen LogP contribution is 2.24. The number of nitrogens with one attached hydrogen (secondary N) is 1. The number of aromatic carboxylic acids is 1. The number of anilines is 1. The first-order valence-corrected chi connectivity index (χ1v) is 7.61. The van der Waals surface area contributed by atoms with Gasteiger partial charge in [0.15, 0.2) is 0 Å². The molecule has 116 valence electrons. The Hall–Kier alpha value is -2.30. The molecule has 0 amide bonds. The Morgan fingerprint density at radius 1 is 1.13 bits per heavy atom. The van der Waals surface area contributed by atoms with Gasteiger partial charge < -0.3 is 10.4 Å². The molecule has 2 N–H and O–H groups in total. The summed E-state index contributed by atoms with van der Waals surface area (Å²) in [6.07, 6.45) is 0. The molecule has 0 fully saturated rings. The summed E-state index contributed by atoms with van der Waals surface area (Å²) in [6.45, 7) is 0.458. The van der Waals surface area contributed by atoms with Gasteiger partial charge in [0, 0.05) is 23.2 Å². The second-order valence-corrected chi connectivity index (χ2v) is 5.75. The van der Waals surface area contributed by atoms with Crippen LogP contribution in [0.3, 0.4) is 0 Å². The van der Waals surface area contributed by atoms with Crippen LogP contribution in [0.1, 0.15) is 15.9 Å². The summed E-state index contributed by atoms with van der Waals surface area (Å²) in [6, 6.07) is 14.4. The van der Waals surface area contributed by atoms with E-state index in [1.54, 1.807) is 12.1 Å². The summed E-state index contributed by atoms with van der Waals surface area (Å²) in [5, 5.41) is 13.8. The molecule has 0 saturated heterocycles. The fourth-order valence-corrected chi connectivity index (χ4v) is 2.73. The van der Waals surface area contributed by atoms with Gasteiger partial charge in [0.05, 0.1) is 16.1 Å². The summed E-state index contributed by atoms with van der Waals surface area (Å²) < 4.78 is 0. The topological polar surface area (TPSA) is 62.2 Å². The monoisotopic (exact) mass is 346 g/mol. The molecule has 0 unspecified atom stereocenters. The zero-order valence-electron chi connectivity index (χ0n) is 11.9. The molecule has 0 saturated carbocycles. The summed E-state index contributed by atoms with van der Waals surface area (Å²) in [4.78, 5) is 15.3. The molecule has 4 nitrogen and oxygen atoms in total. The van der Waals surface area contributed by atoms with E-state index in [9.17, 15) is 4.79 Å². The zero-order chi connectivity index (χ0) is 16.4. The van der Waals surface area contributed by atoms with E-state index < -0.39 is 5.97 Å². The molecule has 6 heteroatoms. The van der Waals surface area contributed by atoms with Crippen molar-refractivity contribution in [1.29, 1.82) is 0 Å². The minimum atomic E-state index is -1.05. The fourth-order valence-electron chi connectivity index (χ4n) is 2.26. The van der Waals surface area contributed by atoms with Gasteiger partial charge in [-0.05, 0) is 30.3 Å². The van der Waals surface area contributed by atoms with Crippen molar-refractivity contribution in [2.75, 3.05) is 5.32 Å². The Kier molecular flexibility index (Phi) is 4.37. The van der Waals surface area contributed by atoms with E-state index in [0.717, 1.165) is 16.5 Å². The molecule has 0 aliphatic rings. The van der Waals surface area contributed by atoms with Gasteiger partial charge in [-0.3, -0.25) is 0 Å². The SMILES string of the molecule is O=C(O)c1ccc(NCc2cc3ccccc3nc2Cl)cc1Cl. The van der Waals surface area contributed by atoms with Crippen LogP contribution in [0, 0.1) is 0 Å². The zero-order valence-corrected chi connectivity index (χ0v) is 13.4. The summed E-state index contributed by atoms with van der Waals surface area (Å²) in [7, 11) is 0. The molecule has 1 heterocycles. The van der Waals surface area contributed by atoms with Crippen molar-refractivity contribution in [2.45, 2.75) is 6.54 Å². The van der Waals surface area contributed by atoms with Gasteiger partial charge in [-0.25, -0.2) is 9.78 Å². The molecular formula is C17H12Cl2N2O2. The largest absolute Gasteiger partial charge is 0.478 e. The lowest BCUT2D eigenvalue weighted by molar-refractivity contribution is 0.0697. The number of benzene rings is 2. The van der Waals surface area contributed by atoms with Crippen molar-refractivity contribution in [3.8, 4) is 0 Å². The third kappa shape index (κ3) is 3.38. The number of rotatable bonds is 4. The summed E-state index contributed by atoms with van der Waals surface area (Å²) >= 11 is 12.2. The molecule has 0 atom stereocenters. The Morgan fingerprint density at radius 2 is 1.91 bits per heavy atom. The van der Waals surface area contributed by atoms with Crippen LogP contribution < -0.4 is 5.32 Å². The predicted octanol–water partition coefficient (Wildman–Crippen LogP) is 4.85. The van der Waals surface area contributed by atoms with Crippen LogP contribution in [0.4, 0.5) is 5.69 Å². The standard InChI is InChI=1S/C17H12Cl2N2O2/c18-14-8-12(5-6-13(14)17(22)23)20-9-11-7-10-3-1-2-4-15(10)21-16(11)19/h1-8,20H,9H2,(H,22,23). The van der Waals surface area contributed by atoms with Gasteiger partial charge in [-0.1, -0.05) is 41.4 Å². The second-order valence-electron chi connectivity index (χ2n) is 4.98. The van der Waals surface area contributed by atoms with Crippen molar-refractivity contribution in [2.24, 2.45) is 0 Å². The van der Waals surface area contributed by atoms with Crippen LogP contribution in [0.2, 0.25) is 10.2 Å². The number of hydrogen-bond acceptors (Lipinski definition) is 3. The Labute approximate surface area is 142 Å². The Morgan fingerprint density at radius 3 is 2.65 bits per heavy atom. The number of carbonyl (C=O) groups is 1. The second kappa shape index (κ2) is 6.44. The molecule has 2 aromatic carbocycles. The number of carboxylic acids is 1. The number of aromatic nitrogens is 1. The number of para-hydroxylation sites is 1. The number of carboxylic acid groups (broad SMARTS) is 1. The maximum absolute atomic E-state index is 11.0. The quantitative estimate of drug-likeness (QED) is 0.662. The van der Waals surface area contributed by atoms with Gasteiger partial charge >= 0.3 is 5.97 Å². The lowest BCUT2D eigenvalue weighted by atomic mass is 10.1. The van der Waals surface area contributed by atoms with E-state index >= 15 is 0 Å². The number of pyridine rings is 1. The third-order valence-corrected chi connectivity index (χ3v) is 4.07. The van der Waals surface area contributed by atoms with Crippen molar-refractivity contribution >= 4 is 45.8 Å². The average molecular weight is 347 g/mol. The van der Waals surface area contributed by atoms with Crippen LogP contribution in [0.5, 0.6) is 0 Å². The van der Waals surface area contributed by atoms with Crippen LogP contribution in [-0.4, -0.2) is 16.1 Å². The number of fused-ring (bicyclic) bond motifs is 1. The van der Waals surface area contributed by atoms with Gasteiger partial charge in [0.1, 0.15) is 5.15 Å². The summed E-state index contributed by atoms with van der Waals surface area (Å²) in [5.41, 5.74) is 2.48. The Bertz CT molecular complexity index is 897. The molecule has 3 rings (SSSR count). The highest BCUT2D eigenvalue weighted by molar-refractivity contribution is 6.33. The van der Waals surface area contributed by atoms with Gasteiger partial charge in [-0.2, -0.15) is 0 Å². The maximum atomic E-state index is 11.0. The molecule has 1 aromatic heterocycles. The lowest BCUT2D eigenvalue weighted by Crippen LogP contribution is -2.03. The molecule has 0 bridgehead atoms. The lowest BCUT2D eigenvalue weighted by Gasteiger charge is -2.10. The molecule has 23 heavy (non-hydrogen) atoms. The van der Waals surface area contributed by atoms with E-state index in [2.05, 4.69) is 10.3 Å². The van der Waals surface area contributed by atoms with Crippen molar-refractivity contribution in [3.63, 3.8) is 0 Å². The highest BCUT2D eigenvalue weighted by atomic mass is 35.5. The van der Waals surface area contributed by atoms with E-state index in [-0.39, 0.29) is 10.6 Å². The van der Waals surface area contributed by atoms with E-state index in [4.69, 9.17) is 28.3 Å². The minimum absolute atomic E-state index is 0.0719. The number of hydrogen-bond donors (Lipinski definition) is 2. The first-order chi connectivity index (χ1) is 11.0. The van der Waals surface area contributed by atoms with E-state index in [1.807, 2.05) is 30.3 Å². The molecule has 0 spiro atoms. The molecule has 3 aromatic rings. The number of halogens is 2. The van der Waals surface area contributed by atoms with Crippen LogP contribution >= 0.6 is 23.2 Å². The van der Waals surface area contributed by atoms with Crippen LogP contribution in [0.25, 0.3) is 10.9 Å². The third-order valence-electron chi connectivity index (χ3n) is 3.43. The smallest absolute Gasteiger partial charge is 0.337 e. The first-order valence-electron chi connectivity index (χ1n) is 6.85. The van der Waals surface area contributed by atoms with Gasteiger partial charge in [0.2, 0.25) is 0 Å². The van der Waals surface area contributed by atoms with Crippen molar-refractivity contribution < 1.29 is 9.90 Å². The molecule has 0 aliphatic carbocycles. The average Bonchev–Trinajstić information content (AvgIpc) is 2.52.